The van der Waals surface area contributed by atoms with Crippen LogP contribution in [0, 0.1) is 19.7 Å². The van der Waals surface area contributed by atoms with E-state index < -0.39 is 5.97 Å². The Hall–Kier alpha value is -2.73. The molecule has 0 aliphatic heterocycles. The lowest BCUT2D eigenvalue weighted by molar-refractivity contribution is -0.136. The SMILES string of the molecule is Cc1cc2c(CC(=O)O)c(C)n(Cc3nc4ccccc4s3)c2cc1F. The molecule has 26 heavy (non-hydrogen) atoms. The zero-order valence-electron chi connectivity index (χ0n) is 14.4. The largest absolute Gasteiger partial charge is 0.481 e. The van der Waals surface area contributed by atoms with Gasteiger partial charge in [0, 0.05) is 11.1 Å². The fourth-order valence-corrected chi connectivity index (χ4v) is 4.33. The number of aliphatic carboxylic acids is 1. The van der Waals surface area contributed by atoms with E-state index in [1.54, 1.807) is 24.3 Å². The molecule has 0 bridgehead atoms. The van der Waals surface area contributed by atoms with Crippen LogP contribution >= 0.6 is 11.3 Å². The average molecular weight is 368 g/mol. The fourth-order valence-electron chi connectivity index (χ4n) is 3.38. The molecule has 0 atom stereocenters. The summed E-state index contributed by atoms with van der Waals surface area (Å²) in [5.41, 5.74) is 3.74. The summed E-state index contributed by atoms with van der Waals surface area (Å²) < 4.78 is 17.3. The van der Waals surface area contributed by atoms with Crippen LogP contribution in [0.2, 0.25) is 0 Å². The van der Waals surface area contributed by atoms with E-state index in [4.69, 9.17) is 0 Å². The molecule has 2 aromatic carbocycles. The number of aromatic nitrogens is 2. The number of aryl methyl sites for hydroxylation is 1. The van der Waals surface area contributed by atoms with Crippen LogP contribution in [-0.2, 0) is 17.8 Å². The van der Waals surface area contributed by atoms with Crippen molar-refractivity contribution in [2.24, 2.45) is 0 Å². The molecule has 0 fully saturated rings. The Labute approximate surface area is 153 Å². The van der Waals surface area contributed by atoms with Crippen LogP contribution in [0.1, 0.15) is 21.8 Å². The first-order chi connectivity index (χ1) is 12.4. The third kappa shape index (κ3) is 2.76. The van der Waals surface area contributed by atoms with Crippen molar-refractivity contribution in [3.63, 3.8) is 0 Å². The second-order valence-electron chi connectivity index (χ2n) is 6.41. The fraction of sp³-hybridized carbons (Fsp3) is 0.200. The van der Waals surface area contributed by atoms with Gasteiger partial charge in [0.05, 0.1) is 28.7 Å². The summed E-state index contributed by atoms with van der Waals surface area (Å²) in [6.07, 6.45) is -0.0831. The third-order valence-electron chi connectivity index (χ3n) is 4.69. The Bertz CT molecular complexity index is 1130. The summed E-state index contributed by atoms with van der Waals surface area (Å²) in [7, 11) is 0. The number of carboxylic acids is 1. The van der Waals surface area contributed by atoms with E-state index in [9.17, 15) is 14.3 Å². The average Bonchev–Trinajstić information content (AvgIpc) is 3.10. The molecular formula is C20H17FN2O2S. The molecule has 0 saturated carbocycles. The maximum atomic E-state index is 14.2. The standard InChI is InChI=1S/C20H17FN2O2S/c1-11-7-14-13(8-20(24)25)12(2)23(17(14)9-15(11)21)10-19-22-16-5-3-4-6-18(16)26-19/h3-7,9H,8,10H2,1-2H3,(H,24,25). The molecule has 1 N–H and O–H groups in total. The highest BCUT2D eigenvalue weighted by molar-refractivity contribution is 7.18. The van der Waals surface area contributed by atoms with E-state index in [0.717, 1.165) is 31.9 Å². The number of hydrogen-bond donors (Lipinski definition) is 1. The van der Waals surface area contributed by atoms with Gasteiger partial charge in [0.2, 0.25) is 0 Å². The molecule has 0 aliphatic carbocycles. The smallest absolute Gasteiger partial charge is 0.307 e. The monoisotopic (exact) mass is 368 g/mol. The number of benzene rings is 2. The van der Waals surface area contributed by atoms with Crippen molar-refractivity contribution in [1.82, 2.24) is 9.55 Å². The molecule has 4 nitrogen and oxygen atoms in total. The first-order valence-electron chi connectivity index (χ1n) is 8.28. The summed E-state index contributed by atoms with van der Waals surface area (Å²) in [5, 5.41) is 11.0. The second-order valence-corrected chi connectivity index (χ2v) is 7.53. The Balaban J connectivity index is 1.89. The summed E-state index contributed by atoms with van der Waals surface area (Å²) in [5.74, 6) is -1.18. The van der Waals surface area contributed by atoms with E-state index in [0.29, 0.717) is 17.6 Å². The quantitative estimate of drug-likeness (QED) is 0.569. The first kappa shape index (κ1) is 16.7. The number of halogens is 1. The highest BCUT2D eigenvalue weighted by Crippen LogP contribution is 2.31. The summed E-state index contributed by atoms with van der Waals surface area (Å²) in [4.78, 5) is 16.0. The number of carboxylic acid groups (broad SMARTS) is 1. The van der Waals surface area contributed by atoms with Crippen LogP contribution < -0.4 is 0 Å². The molecular weight excluding hydrogens is 351 g/mol. The molecule has 6 heteroatoms. The van der Waals surface area contributed by atoms with Gasteiger partial charge in [-0.2, -0.15) is 0 Å². The van der Waals surface area contributed by atoms with Gasteiger partial charge >= 0.3 is 5.97 Å². The van der Waals surface area contributed by atoms with Gasteiger partial charge < -0.3 is 9.67 Å². The van der Waals surface area contributed by atoms with Gasteiger partial charge in [-0.05, 0) is 49.2 Å². The summed E-state index contributed by atoms with van der Waals surface area (Å²) >= 11 is 1.60. The number of fused-ring (bicyclic) bond motifs is 2. The summed E-state index contributed by atoms with van der Waals surface area (Å²) in [6, 6.07) is 11.2. The molecule has 0 spiro atoms. The van der Waals surface area contributed by atoms with Crippen molar-refractivity contribution in [3.8, 4) is 0 Å². The Morgan fingerprint density at radius 2 is 2.04 bits per heavy atom. The third-order valence-corrected chi connectivity index (χ3v) is 5.72. The molecule has 0 amide bonds. The van der Waals surface area contributed by atoms with Crippen molar-refractivity contribution in [2.45, 2.75) is 26.8 Å². The van der Waals surface area contributed by atoms with Gasteiger partial charge in [-0.3, -0.25) is 4.79 Å². The molecule has 0 radical (unpaired) electrons. The molecule has 4 rings (SSSR count). The minimum Gasteiger partial charge on any atom is -0.481 e. The van der Waals surface area contributed by atoms with E-state index in [1.807, 2.05) is 35.8 Å². The van der Waals surface area contributed by atoms with Crippen LogP contribution in [0.3, 0.4) is 0 Å². The van der Waals surface area contributed by atoms with Crippen LogP contribution in [-0.4, -0.2) is 20.6 Å². The van der Waals surface area contributed by atoms with E-state index in [2.05, 4.69) is 4.98 Å². The predicted molar refractivity (Wildman–Crippen MR) is 101 cm³/mol. The zero-order chi connectivity index (χ0) is 18.4. The Morgan fingerprint density at radius 1 is 1.27 bits per heavy atom. The van der Waals surface area contributed by atoms with E-state index in [1.165, 1.54) is 6.07 Å². The van der Waals surface area contributed by atoms with Crippen molar-refractivity contribution < 1.29 is 14.3 Å². The zero-order valence-corrected chi connectivity index (χ0v) is 15.2. The lowest BCUT2D eigenvalue weighted by atomic mass is 10.1. The Kier molecular flexibility index (Phi) is 4.00. The lowest BCUT2D eigenvalue weighted by Crippen LogP contribution is -2.05. The van der Waals surface area contributed by atoms with Gasteiger partial charge in [0.25, 0.3) is 0 Å². The van der Waals surface area contributed by atoms with Crippen LogP contribution in [0.25, 0.3) is 21.1 Å². The van der Waals surface area contributed by atoms with Crippen LogP contribution in [0.4, 0.5) is 4.39 Å². The van der Waals surface area contributed by atoms with Gasteiger partial charge in [-0.1, -0.05) is 12.1 Å². The van der Waals surface area contributed by atoms with Crippen LogP contribution in [0.15, 0.2) is 36.4 Å². The number of hydrogen-bond acceptors (Lipinski definition) is 3. The number of para-hydroxylation sites is 1. The van der Waals surface area contributed by atoms with Gasteiger partial charge in [0.1, 0.15) is 10.8 Å². The number of thiazole rings is 1. The van der Waals surface area contributed by atoms with Gasteiger partial charge in [-0.25, -0.2) is 9.37 Å². The van der Waals surface area contributed by atoms with Crippen LogP contribution in [0.5, 0.6) is 0 Å². The van der Waals surface area contributed by atoms with E-state index in [-0.39, 0.29) is 12.2 Å². The van der Waals surface area contributed by atoms with Crippen molar-refractivity contribution >= 4 is 38.4 Å². The molecule has 0 unspecified atom stereocenters. The van der Waals surface area contributed by atoms with Gasteiger partial charge in [0.15, 0.2) is 0 Å². The molecule has 4 aromatic rings. The molecule has 2 heterocycles. The first-order valence-corrected chi connectivity index (χ1v) is 9.09. The number of rotatable bonds is 4. The highest BCUT2D eigenvalue weighted by Gasteiger charge is 2.19. The maximum Gasteiger partial charge on any atom is 0.307 e. The maximum absolute atomic E-state index is 14.2. The number of carbonyl (C=O) groups is 1. The van der Waals surface area contributed by atoms with Crippen molar-refractivity contribution in [1.29, 1.82) is 0 Å². The van der Waals surface area contributed by atoms with Crippen molar-refractivity contribution in [3.05, 3.63) is 64.0 Å². The minimum atomic E-state index is -0.894. The Morgan fingerprint density at radius 3 is 2.77 bits per heavy atom. The number of nitrogens with zero attached hydrogens (tertiary/aromatic N) is 2. The molecule has 132 valence electrons. The van der Waals surface area contributed by atoms with Crippen molar-refractivity contribution in [2.75, 3.05) is 0 Å². The van der Waals surface area contributed by atoms with Gasteiger partial charge in [-0.15, -0.1) is 11.3 Å². The normalized spacial score (nSPS) is 11.5. The second kappa shape index (κ2) is 6.21. The highest BCUT2D eigenvalue weighted by atomic mass is 32.1. The molecule has 2 aromatic heterocycles. The summed E-state index contributed by atoms with van der Waals surface area (Å²) in [6.45, 7) is 4.07. The molecule has 0 saturated heterocycles. The lowest BCUT2D eigenvalue weighted by Gasteiger charge is -2.07. The topological polar surface area (TPSA) is 55.1 Å². The molecule has 0 aliphatic rings. The minimum absolute atomic E-state index is 0.0831. The van der Waals surface area contributed by atoms with E-state index >= 15 is 0 Å². The predicted octanol–water partition coefficient (Wildman–Crippen LogP) is 4.68.